The van der Waals surface area contributed by atoms with Gasteiger partial charge in [0.05, 0.1) is 0 Å². The Kier molecular flexibility index (Phi) is 9.12. The second kappa shape index (κ2) is 11.9. The Morgan fingerprint density at radius 2 is 1.66 bits per heavy atom. The van der Waals surface area contributed by atoms with Crippen LogP contribution >= 0.6 is 34.4 Å². The number of ether oxygens (including phenoxy) is 2. The number of aliphatic carboxylic acids is 1. The van der Waals surface area contributed by atoms with E-state index >= 15 is 0 Å². The molecule has 0 amide bonds. The number of benzene rings is 3. The molecule has 1 N–H and O–H groups in total. The van der Waals surface area contributed by atoms with Crippen LogP contribution in [0.3, 0.4) is 0 Å². The molecule has 0 spiro atoms. The molecule has 0 aliphatic carbocycles. The lowest BCUT2D eigenvalue weighted by atomic mass is 9.98. The van der Waals surface area contributed by atoms with Crippen LogP contribution in [-0.4, -0.2) is 29.3 Å². The third kappa shape index (κ3) is 8.21. The summed E-state index contributed by atoms with van der Waals surface area (Å²) in [5.41, 5.74) is -1.10. The van der Waals surface area contributed by atoms with E-state index in [0.29, 0.717) is 11.5 Å². The van der Waals surface area contributed by atoms with Crippen molar-refractivity contribution >= 4 is 45.9 Å². The minimum atomic E-state index is -4.34. The molecule has 3 aromatic rings. The van der Waals surface area contributed by atoms with Gasteiger partial charge in [-0.25, -0.2) is 4.79 Å². The number of alkyl halides is 3. The predicted molar refractivity (Wildman–Crippen MR) is 139 cm³/mol. The molecule has 0 bridgehead atoms. The Morgan fingerprint density at radius 1 is 1.06 bits per heavy atom. The molecule has 1 atom stereocenters. The molecule has 0 fully saturated rings. The first-order valence-corrected chi connectivity index (χ1v) is 12.4. The molecule has 3 rings (SSSR count). The van der Waals surface area contributed by atoms with Crippen molar-refractivity contribution in [3.8, 4) is 11.5 Å². The first-order chi connectivity index (χ1) is 16.5. The number of carboxylic acids is 1. The summed E-state index contributed by atoms with van der Waals surface area (Å²) in [6.45, 7) is 3.47. The van der Waals surface area contributed by atoms with Crippen LogP contribution in [0.2, 0.25) is 0 Å². The van der Waals surface area contributed by atoms with Crippen molar-refractivity contribution in [2.75, 3.05) is 6.61 Å². The molecule has 0 aliphatic rings. The molecule has 0 saturated heterocycles. The normalized spacial score (nSPS) is 12.8. The van der Waals surface area contributed by atoms with Gasteiger partial charge in [0.25, 0.3) is 0 Å². The van der Waals surface area contributed by atoms with E-state index < -0.39 is 17.6 Å². The molecule has 0 aromatic heterocycles. The van der Waals surface area contributed by atoms with Gasteiger partial charge in [-0.15, -0.1) is 0 Å². The summed E-state index contributed by atoms with van der Waals surface area (Å²) in [6.07, 6.45) is 0.904. The maximum atomic E-state index is 12.7. The lowest BCUT2D eigenvalue weighted by molar-refractivity contribution is -0.144. The van der Waals surface area contributed by atoms with Crippen LogP contribution in [0.15, 0.2) is 77.7 Å². The molecule has 1 unspecified atom stereocenters. The molecule has 184 valence electrons. The molecule has 3 aromatic carbocycles. The summed E-state index contributed by atoms with van der Waals surface area (Å²) in [7, 11) is 0. The Morgan fingerprint density at radius 3 is 2.20 bits per heavy atom. The highest BCUT2D eigenvalue weighted by molar-refractivity contribution is 14.1. The van der Waals surface area contributed by atoms with Crippen LogP contribution in [0.1, 0.15) is 23.6 Å². The van der Waals surface area contributed by atoms with Crippen molar-refractivity contribution in [3.63, 3.8) is 0 Å². The molecule has 0 radical (unpaired) electrons. The van der Waals surface area contributed by atoms with Crippen LogP contribution in [0.4, 0.5) is 13.2 Å². The molecule has 0 saturated carbocycles. The minimum absolute atomic E-state index is 0.120. The second-order valence-electron chi connectivity index (χ2n) is 7.53. The van der Waals surface area contributed by atoms with Gasteiger partial charge in [0, 0.05) is 8.47 Å². The summed E-state index contributed by atoms with van der Waals surface area (Å²) in [6, 6.07) is 19.2. The van der Waals surface area contributed by atoms with E-state index in [-0.39, 0.29) is 23.3 Å². The van der Waals surface area contributed by atoms with E-state index in [2.05, 4.69) is 22.6 Å². The summed E-state index contributed by atoms with van der Waals surface area (Å²) in [5.74, 6) is -0.0184. The van der Waals surface area contributed by atoms with E-state index in [0.717, 1.165) is 25.8 Å². The fraction of sp³-hybridized carbons (Fsp3) is 0.192. The number of hydrogen-bond acceptors (Lipinski definition) is 4. The van der Waals surface area contributed by atoms with E-state index in [4.69, 9.17) is 14.6 Å². The van der Waals surface area contributed by atoms with Gasteiger partial charge in [0.1, 0.15) is 18.1 Å². The average Bonchev–Trinajstić information content (AvgIpc) is 2.79. The maximum Gasteiger partial charge on any atom is 0.446 e. The maximum absolute atomic E-state index is 12.7. The van der Waals surface area contributed by atoms with Gasteiger partial charge in [-0.2, -0.15) is 13.2 Å². The van der Waals surface area contributed by atoms with Gasteiger partial charge in [-0.3, -0.25) is 0 Å². The quantitative estimate of drug-likeness (QED) is 0.199. The Labute approximate surface area is 219 Å². The lowest BCUT2D eigenvalue weighted by Gasteiger charge is -2.14. The predicted octanol–water partition coefficient (Wildman–Crippen LogP) is 7.57. The lowest BCUT2D eigenvalue weighted by Crippen LogP contribution is -2.23. The van der Waals surface area contributed by atoms with Gasteiger partial charge < -0.3 is 14.6 Å². The zero-order chi connectivity index (χ0) is 25.6. The Bertz CT molecular complexity index is 1190. The van der Waals surface area contributed by atoms with E-state index in [1.807, 2.05) is 30.3 Å². The van der Waals surface area contributed by atoms with Crippen molar-refractivity contribution in [2.45, 2.75) is 30.4 Å². The van der Waals surface area contributed by atoms with E-state index in [1.165, 1.54) is 19.1 Å². The highest BCUT2D eigenvalue weighted by Crippen LogP contribution is 2.37. The number of thioether (sulfide) groups is 1. The standard InChI is InChI=1S/C26H22F3IO4S/c1-16-15-21(9-12-24(16)34-17(2)25(31)32)33-14-13-23(18-3-7-20(30)8-4-18)19-5-10-22(11-6-19)35-26(27,28)29/h3-13,15,17H,14H2,1-2H3,(H,31,32)/b23-13+. The number of carbonyl (C=O) groups is 1. The number of rotatable bonds is 9. The van der Waals surface area contributed by atoms with Gasteiger partial charge in [0.2, 0.25) is 0 Å². The fourth-order valence-electron chi connectivity index (χ4n) is 3.17. The fourth-order valence-corrected chi connectivity index (χ4v) is 4.07. The van der Waals surface area contributed by atoms with Crippen molar-refractivity contribution < 1.29 is 32.5 Å². The van der Waals surface area contributed by atoms with Crippen LogP contribution in [0.25, 0.3) is 5.57 Å². The van der Waals surface area contributed by atoms with E-state index in [1.54, 1.807) is 37.3 Å². The van der Waals surface area contributed by atoms with E-state index in [9.17, 15) is 18.0 Å². The largest absolute Gasteiger partial charge is 0.489 e. The van der Waals surface area contributed by atoms with Gasteiger partial charge in [-0.1, -0.05) is 24.3 Å². The van der Waals surface area contributed by atoms with Gasteiger partial charge >= 0.3 is 11.5 Å². The first kappa shape index (κ1) is 26.9. The third-order valence-corrected chi connectivity index (χ3v) is 6.35. The molecular weight excluding hydrogens is 592 g/mol. The summed E-state index contributed by atoms with van der Waals surface area (Å²) in [4.78, 5) is 11.1. The zero-order valence-corrected chi connectivity index (χ0v) is 21.8. The average molecular weight is 614 g/mol. The number of carboxylic acid groups (broad SMARTS) is 1. The number of halogens is 4. The number of aryl methyl sites for hydroxylation is 1. The van der Waals surface area contributed by atoms with Crippen LogP contribution in [0.5, 0.6) is 11.5 Å². The first-order valence-electron chi connectivity index (χ1n) is 10.5. The summed E-state index contributed by atoms with van der Waals surface area (Å²) >= 11 is 2.06. The summed E-state index contributed by atoms with van der Waals surface area (Å²) in [5, 5.41) is 9.02. The molecule has 35 heavy (non-hydrogen) atoms. The molecular formula is C26H22F3IO4S. The number of hydrogen-bond donors (Lipinski definition) is 1. The Balaban J connectivity index is 1.79. The van der Waals surface area contributed by atoms with Crippen molar-refractivity contribution in [2.24, 2.45) is 0 Å². The molecule has 0 heterocycles. The van der Waals surface area contributed by atoms with Crippen LogP contribution in [-0.2, 0) is 4.79 Å². The third-order valence-electron chi connectivity index (χ3n) is 4.89. The van der Waals surface area contributed by atoms with Crippen molar-refractivity contribution in [1.82, 2.24) is 0 Å². The highest BCUT2D eigenvalue weighted by Gasteiger charge is 2.29. The zero-order valence-electron chi connectivity index (χ0n) is 18.8. The van der Waals surface area contributed by atoms with Crippen LogP contribution in [0, 0.1) is 10.5 Å². The monoisotopic (exact) mass is 614 g/mol. The molecule has 0 aliphatic heterocycles. The Hall–Kier alpha value is -2.66. The summed E-state index contributed by atoms with van der Waals surface area (Å²) < 4.78 is 50.4. The molecule has 9 heteroatoms. The molecule has 4 nitrogen and oxygen atoms in total. The van der Waals surface area contributed by atoms with Crippen molar-refractivity contribution in [1.29, 1.82) is 0 Å². The van der Waals surface area contributed by atoms with Crippen LogP contribution < -0.4 is 9.47 Å². The SMILES string of the molecule is Cc1cc(OC/C=C(\c2ccc(I)cc2)c2ccc(SC(F)(F)F)cc2)ccc1OC(C)C(=O)O. The second-order valence-corrected chi connectivity index (χ2v) is 9.92. The van der Waals surface area contributed by atoms with Crippen molar-refractivity contribution in [3.05, 3.63) is 93.1 Å². The topological polar surface area (TPSA) is 55.8 Å². The van der Waals surface area contributed by atoms with Gasteiger partial charge in [0.15, 0.2) is 6.10 Å². The highest BCUT2D eigenvalue weighted by atomic mass is 127. The van der Waals surface area contributed by atoms with Gasteiger partial charge in [-0.05, 0) is 119 Å². The smallest absolute Gasteiger partial charge is 0.446 e. The minimum Gasteiger partial charge on any atom is -0.489 e.